The summed E-state index contributed by atoms with van der Waals surface area (Å²) in [7, 11) is 0. The fourth-order valence-electron chi connectivity index (χ4n) is 2.53. The van der Waals surface area contributed by atoms with Crippen LogP contribution in [0.2, 0.25) is 0 Å². The Morgan fingerprint density at radius 2 is 1.19 bits per heavy atom. The minimum Gasteiger partial charge on any atom is -0.456 e. The lowest BCUT2D eigenvalue weighted by atomic mass is 9.98. The van der Waals surface area contributed by atoms with Gasteiger partial charge >= 0.3 is 23.9 Å². The first-order valence-corrected chi connectivity index (χ1v) is 8.47. The Hall–Kier alpha value is -2.20. The summed E-state index contributed by atoms with van der Waals surface area (Å²) >= 11 is 0. The average Bonchev–Trinajstić information content (AvgIpc) is 2.49. The van der Waals surface area contributed by atoms with Crippen LogP contribution in [-0.4, -0.2) is 67.3 Å². The normalized spacial score (nSPS) is 27.6. The third-order valence-corrected chi connectivity index (χ3v) is 3.37. The van der Waals surface area contributed by atoms with Gasteiger partial charge in [-0.1, -0.05) is 0 Å². The van der Waals surface area contributed by atoms with Crippen molar-refractivity contribution in [1.29, 1.82) is 0 Å². The van der Waals surface area contributed by atoms with Crippen molar-refractivity contribution in [3.63, 3.8) is 0 Å². The van der Waals surface area contributed by atoms with E-state index in [1.165, 1.54) is 6.92 Å². The molecule has 1 aliphatic heterocycles. The number of carbonyl (C=O) groups is 4. The molecule has 0 aromatic heterocycles. The van der Waals surface area contributed by atoms with E-state index in [1.807, 2.05) is 0 Å². The first-order valence-electron chi connectivity index (χ1n) is 8.47. The van der Waals surface area contributed by atoms with E-state index >= 15 is 0 Å². The highest BCUT2D eigenvalue weighted by Crippen LogP contribution is 2.30. The molecule has 0 spiro atoms. The molecule has 154 valence electrons. The maximum absolute atomic E-state index is 11.6. The molecule has 0 amide bonds. The summed E-state index contributed by atoms with van der Waals surface area (Å²) in [5.74, 6) is -2.80. The molecule has 1 heterocycles. The number of rotatable bonds is 7. The van der Waals surface area contributed by atoms with Crippen molar-refractivity contribution in [2.24, 2.45) is 0 Å². The zero-order chi connectivity index (χ0) is 20.7. The van der Waals surface area contributed by atoms with Gasteiger partial charge in [-0.05, 0) is 13.8 Å². The smallest absolute Gasteiger partial charge is 0.305 e. The summed E-state index contributed by atoms with van der Waals surface area (Å²) in [5.41, 5.74) is 0. The Balaban J connectivity index is 3.27. The molecule has 10 nitrogen and oxygen atoms in total. The Kier molecular flexibility index (Phi) is 8.64. The number of hydrogen-bond acceptors (Lipinski definition) is 10. The zero-order valence-electron chi connectivity index (χ0n) is 16.3. The van der Waals surface area contributed by atoms with E-state index in [0.29, 0.717) is 0 Å². The summed E-state index contributed by atoms with van der Waals surface area (Å²) < 4.78 is 31.9. The molecule has 10 heteroatoms. The topological polar surface area (TPSA) is 124 Å². The summed E-state index contributed by atoms with van der Waals surface area (Å²) in [6, 6.07) is 0. The molecule has 1 rings (SSSR count). The SMILES string of the molecule is CC(=O)OC1O[C@H](COC(C)C)[C@H](OC(C)=O)[C@H](OC(C)=O)[C@H]1OC(C)=O. The monoisotopic (exact) mass is 390 g/mol. The summed E-state index contributed by atoms with van der Waals surface area (Å²) in [5, 5.41) is 0. The number of esters is 4. The standard InChI is InChI=1S/C17H26O10/c1-8(2)22-7-13-14(23-9(3)18)15(24-10(4)19)16(25-11(5)20)17(27-13)26-12(6)21/h8,13-17H,7H2,1-6H3/t13-,14+,15+,16-,17?/m1/s1. The third kappa shape index (κ3) is 7.51. The van der Waals surface area contributed by atoms with Crippen LogP contribution in [0, 0.1) is 0 Å². The zero-order valence-corrected chi connectivity index (χ0v) is 16.3. The van der Waals surface area contributed by atoms with E-state index in [9.17, 15) is 19.2 Å². The maximum Gasteiger partial charge on any atom is 0.305 e. The second-order valence-electron chi connectivity index (χ2n) is 6.26. The highest BCUT2D eigenvalue weighted by Gasteiger charge is 2.53. The summed E-state index contributed by atoms with van der Waals surface area (Å²) in [6.45, 7) is 8.13. The van der Waals surface area contributed by atoms with E-state index in [0.717, 1.165) is 20.8 Å². The Morgan fingerprint density at radius 3 is 1.63 bits per heavy atom. The average molecular weight is 390 g/mol. The molecule has 1 saturated heterocycles. The minimum atomic E-state index is -1.37. The second-order valence-corrected chi connectivity index (χ2v) is 6.26. The van der Waals surface area contributed by atoms with Gasteiger partial charge in [0, 0.05) is 27.7 Å². The lowest BCUT2D eigenvalue weighted by molar-refractivity contribution is -0.302. The van der Waals surface area contributed by atoms with Crippen LogP contribution in [0.15, 0.2) is 0 Å². The Morgan fingerprint density at radius 1 is 0.741 bits per heavy atom. The highest BCUT2D eigenvalue weighted by molar-refractivity contribution is 5.69. The molecule has 5 atom stereocenters. The van der Waals surface area contributed by atoms with Crippen LogP contribution in [0.4, 0.5) is 0 Å². The quantitative estimate of drug-likeness (QED) is 0.448. The lowest BCUT2D eigenvalue weighted by Crippen LogP contribution is -2.63. The molecule has 1 fully saturated rings. The van der Waals surface area contributed by atoms with Gasteiger partial charge in [0.15, 0.2) is 12.2 Å². The van der Waals surface area contributed by atoms with Gasteiger partial charge in [0.05, 0.1) is 12.7 Å². The summed E-state index contributed by atoms with van der Waals surface area (Å²) in [6.07, 6.45) is -6.19. The van der Waals surface area contributed by atoms with Gasteiger partial charge in [-0.15, -0.1) is 0 Å². The first kappa shape index (κ1) is 22.8. The van der Waals surface area contributed by atoms with Crippen molar-refractivity contribution in [2.75, 3.05) is 6.61 Å². The van der Waals surface area contributed by atoms with Gasteiger partial charge in [-0.25, -0.2) is 0 Å². The van der Waals surface area contributed by atoms with E-state index in [1.54, 1.807) is 13.8 Å². The molecule has 0 radical (unpaired) electrons. The van der Waals surface area contributed by atoms with Crippen molar-refractivity contribution in [3.05, 3.63) is 0 Å². The number of hydrogen-bond donors (Lipinski definition) is 0. The molecule has 1 unspecified atom stereocenters. The van der Waals surface area contributed by atoms with Crippen molar-refractivity contribution in [3.8, 4) is 0 Å². The highest BCUT2D eigenvalue weighted by atomic mass is 16.7. The van der Waals surface area contributed by atoms with Gasteiger partial charge < -0.3 is 28.4 Å². The first-order chi connectivity index (χ1) is 12.5. The maximum atomic E-state index is 11.6. The summed E-state index contributed by atoms with van der Waals surface area (Å²) in [4.78, 5) is 46.1. The van der Waals surface area contributed by atoms with Crippen molar-refractivity contribution >= 4 is 23.9 Å². The van der Waals surface area contributed by atoms with Gasteiger partial charge in [-0.3, -0.25) is 19.2 Å². The van der Waals surface area contributed by atoms with Crippen LogP contribution in [0.25, 0.3) is 0 Å². The molecular weight excluding hydrogens is 364 g/mol. The third-order valence-electron chi connectivity index (χ3n) is 3.37. The minimum absolute atomic E-state index is 0.0437. The molecule has 0 aromatic rings. The predicted octanol–water partition coefficient (Wildman–Crippen LogP) is 0.495. The van der Waals surface area contributed by atoms with Gasteiger partial charge in [0.1, 0.15) is 6.10 Å². The van der Waals surface area contributed by atoms with Crippen LogP contribution in [0.1, 0.15) is 41.5 Å². The van der Waals surface area contributed by atoms with Gasteiger partial charge in [0.2, 0.25) is 12.4 Å². The van der Waals surface area contributed by atoms with Crippen LogP contribution < -0.4 is 0 Å². The fraction of sp³-hybridized carbons (Fsp3) is 0.765. The largest absolute Gasteiger partial charge is 0.456 e. The van der Waals surface area contributed by atoms with Gasteiger partial charge in [0.25, 0.3) is 0 Å². The lowest BCUT2D eigenvalue weighted by Gasteiger charge is -2.43. The molecule has 0 aromatic carbocycles. The Bertz CT molecular complexity index is 558. The number of carbonyl (C=O) groups excluding carboxylic acids is 4. The molecule has 1 aliphatic rings. The van der Waals surface area contributed by atoms with Crippen molar-refractivity contribution < 1.29 is 47.6 Å². The van der Waals surface area contributed by atoms with Crippen LogP contribution in [-0.2, 0) is 47.6 Å². The predicted molar refractivity (Wildman–Crippen MR) is 88.2 cm³/mol. The molecule has 0 saturated carbocycles. The van der Waals surface area contributed by atoms with E-state index in [4.69, 9.17) is 28.4 Å². The van der Waals surface area contributed by atoms with Crippen LogP contribution >= 0.6 is 0 Å². The molecule has 0 aliphatic carbocycles. The van der Waals surface area contributed by atoms with Crippen molar-refractivity contribution in [2.45, 2.75) is 78.4 Å². The van der Waals surface area contributed by atoms with E-state index in [-0.39, 0.29) is 12.7 Å². The molecule has 0 bridgehead atoms. The van der Waals surface area contributed by atoms with Crippen molar-refractivity contribution in [1.82, 2.24) is 0 Å². The molecule has 0 N–H and O–H groups in total. The van der Waals surface area contributed by atoms with E-state index < -0.39 is 54.6 Å². The fourth-order valence-corrected chi connectivity index (χ4v) is 2.53. The Labute approximate surface area is 157 Å². The van der Waals surface area contributed by atoms with Crippen LogP contribution in [0.5, 0.6) is 0 Å². The molecule has 27 heavy (non-hydrogen) atoms. The van der Waals surface area contributed by atoms with Gasteiger partial charge in [-0.2, -0.15) is 0 Å². The van der Waals surface area contributed by atoms with E-state index in [2.05, 4.69) is 0 Å². The molecular formula is C17H26O10. The van der Waals surface area contributed by atoms with Crippen LogP contribution in [0.3, 0.4) is 0 Å². The number of ether oxygens (including phenoxy) is 6. The second kappa shape index (κ2) is 10.2.